The molecule has 1 unspecified atom stereocenters. The van der Waals surface area contributed by atoms with Gasteiger partial charge in [0.2, 0.25) is 23.7 Å². The molecule has 0 saturated carbocycles. The molecule has 39 heavy (non-hydrogen) atoms. The van der Waals surface area contributed by atoms with Crippen molar-refractivity contribution in [1.82, 2.24) is 24.5 Å². The van der Waals surface area contributed by atoms with E-state index in [0.717, 1.165) is 18.4 Å². The van der Waals surface area contributed by atoms with Crippen molar-refractivity contribution in [3.63, 3.8) is 0 Å². The Morgan fingerprint density at radius 2 is 2.03 bits per heavy atom. The lowest BCUT2D eigenvalue weighted by Gasteiger charge is -2.39. The maximum absolute atomic E-state index is 14.8. The van der Waals surface area contributed by atoms with Crippen LogP contribution in [0.5, 0.6) is 0 Å². The summed E-state index contributed by atoms with van der Waals surface area (Å²) in [5, 5.41) is 13.9. The van der Waals surface area contributed by atoms with Gasteiger partial charge >= 0.3 is 0 Å². The number of aromatic nitrogens is 4. The summed E-state index contributed by atoms with van der Waals surface area (Å²) < 4.78 is 21.9. The SMILES string of the molecule is C=CC(=O)N1CCC1C(=O)Nc1ccc(F)c(CNc2nc(NC3CCOCC3)nc3c(C(C)C)cnn23)c1. The maximum Gasteiger partial charge on any atom is 0.247 e. The summed E-state index contributed by atoms with van der Waals surface area (Å²) in [5.41, 5.74) is 2.43. The number of rotatable bonds is 9. The van der Waals surface area contributed by atoms with Crippen LogP contribution in [0.25, 0.3) is 5.65 Å². The fourth-order valence-corrected chi connectivity index (χ4v) is 4.73. The first-order valence-corrected chi connectivity index (χ1v) is 13.2. The predicted octanol–water partition coefficient (Wildman–Crippen LogP) is 3.32. The van der Waals surface area contributed by atoms with E-state index < -0.39 is 11.9 Å². The normalized spacial score (nSPS) is 17.6. The molecule has 2 aliphatic heterocycles. The van der Waals surface area contributed by atoms with Crippen LogP contribution in [0.1, 0.15) is 50.2 Å². The van der Waals surface area contributed by atoms with Crippen molar-refractivity contribution < 1.29 is 18.7 Å². The Morgan fingerprint density at radius 3 is 2.72 bits per heavy atom. The van der Waals surface area contributed by atoms with Crippen molar-refractivity contribution in [1.29, 1.82) is 0 Å². The molecule has 3 aromatic rings. The van der Waals surface area contributed by atoms with Crippen molar-refractivity contribution in [3.05, 3.63) is 54.0 Å². The van der Waals surface area contributed by atoms with E-state index in [1.165, 1.54) is 23.1 Å². The van der Waals surface area contributed by atoms with E-state index >= 15 is 0 Å². The number of nitrogens with zero attached hydrogens (tertiary/aromatic N) is 5. The van der Waals surface area contributed by atoms with E-state index in [-0.39, 0.29) is 30.3 Å². The number of amides is 2. The Kier molecular flexibility index (Phi) is 7.73. The van der Waals surface area contributed by atoms with E-state index in [1.807, 2.05) is 0 Å². The number of hydrogen-bond donors (Lipinski definition) is 3. The monoisotopic (exact) mass is 536 g/mol. The molecule has 4 heterocycles. The summed E-state index contributed by atoms with van der Waals surface area (Å²) in [5.74, 6) is 0.0601. The first-order chi connectivity index (χ1) is 18.8. The highest BCUT2D eigenvalue weighted by Crippen LogP contribution is 2.25. The predicted molar refractivity (Wildman–Crippen MR) is 145 cm³/mol. The van der Waals surface area contributed by atoms with E-state index in [1.54, 1.807) is 16.8 Å². The fraction of sp³-hybridized carbons (Fsp3) is 0.444. The molecule has 3 N–H and O–H groups in total. The van der Waals surface area contributed by atoms with Crippen LogP contribution < -0.4 is 16.0 Å². The number of hydrogen-bond acceptors (Lipinski definition) is 8. The molecular weight excluding hydrogens is 503 g/mol. The molecule has 0 bridgehead atoms. The number of likely N-dealkylation sites (tertiary alicyclic amines) is 1. The molecule has 206 valence electrons. The van der Waals surface area contributed by atoms with Crippen molar-refractivity contribution in [2.24, 2.45) is 0 Å². The van der Waals surface area contributed by atoms with Crippen molar-refractivity contribution in [2.45, 2.75) is 57.7 Å². The van der Waals surface area contributed by atoms with Gasteiger partial charge < -0.3 is 25.6 Å². The van der Waals surface area contributed by atoms with Gasteiger partial charge in [-0.1, -0.05) is 20.4 Å². The molecule has 1 atom stereocenters. The zero-order chi connectivity index (χ0) is 27.5. The van der Waals surface area contributed by atoms with E-state index in [2.05, 4.69) is 46.5 Å². The summed E-state index contributed by atoms with van der Waals surface area (Å²) in [7, 11) is 0. The van der Waals surface area contributed by atoms with Gasteiger partial charge in [0.1, 0.15) is 11.9 Å². The molecule has 12 heteroatoms. The van der Waals surface area contributed by atoms with E-state index in [4.69, 9.17) is 9.72 Å². The van der Waals surface area contributed by atoms with Gasteiger partial charge in [-0.2, -0.15) is 19.6 Å². The van der Waals surface area contributed by atoms with Gasteiger partial charge in [0.25, 0.3) is 0 Å². The molecule has 2 fully saturated rings. The number of anilines is 3. The Labute approximate surface area is 225 Å². The standard InChI is InChI=1S/C27H33FN8O3/c1-4-23(37)35-10-7-22(35)25(38)31-19-5-6-21(28)17(13-19)14-29-27-34-26(32-18-8-11-39-12-9-18)33-24-20(16(2)3)15-30-36(24)27/h4-6,13,15-16,18,22H,1,7-12,14H2,2-3H3,(H,31,38)(H2,29,32,33,34). The van der Waals surface area contributed by atoms with Gasteiger partial charge in [-0.3, -0.25) is 9.59 Å². The highest BCUT2D eigenvalue weighted by molar-refractivity contribution is 6.00. The first kappa shape index (κ1) is 26.5. The summed E-state index contributed by atoms with van der Waals surface area (Å²) in [4.78, 5) is 35.4. The average molecular weight is 537 g/mol. The number of carbonyl (C=O) groups excluding carboxylic acids is 2. The molecule has 0 radical (unpaired) electrons. The summed E-state index contributed by atoms with van der Waals surface area (Å²) in [6, 6.07) is 4.01. The molecule has 0 spiro atoms. The molecule has 2 aliphatic rings. The van der Waals surface area contributed by atoms with Crippen LogP contribution in [0.4, 0.5) is 22.0 Å². The molecule has 0 aliphatic carbocycles. The van der Waals surface area contributed by atoms with Crippen LogP contribution in [-0.4, -0.2) is 68.1 Å². The summed E-state index contributed by atoms with van der Waals surface area (Å²) in [6.07, 6.45) is 5.25. The second-order valence-electron chi connectivity index (χ2n) is 10.1. The number of carbonyl (C=O) groups is 2. The minimum Gasteiger partial charge on any atom is -0.381 e. The first-order valence-electron chi connectivity index (χ1n) is 13.2. The van der Waals surface area contributed by atoms with Gasteiger partial charge in [0.05, 0.1) is 6.20 Å². The molecule has 5 rings (SSSR count). The van der Waals surface area contributed by atoms with Crippen LogP contribution in [0.15, 0.2) is 37.1 Å². The summed E-state index contributed by atoms with van der Waals surface area (Å²) >= 11 is 0. The van der Waals surface area contributed by atoms with Gasteiger partial charge in [0.15, 0.2) is 5.65 Å². The molecule has 11 nitrogen and oxygen atoms in total. The molecule has 1 aromatic carbocycles. The number of fused-ring (bicyclic) bond motifs is 1. The highest BCUT2D eigenvalue weighted by atomic mass is 19.1. The Balaban J connectivity index is 1.34. The molecule has 2 amide bonds. The van der Waals surface area contributed by atoms with Crippen LogP contribution in [0.2, 0.25) is 0 Å². The van der Waals surface area contributed by atoms with Crippen LogP contribution in [0.3, 0.4) is 0 Å². The van der Waals surface area contributed by atoms with Crippen molar-refractivity contribution >= 4 is 35.0 Å². The second kappa shape index (κ2) is 11.4. The maximum atomic E-state index is 14.8. The Morgan fingerprint density at radius 1 is 1.23 bits per heavy atom. The molecular formula is C27H33FN8O3. The smallest absolute Gasteiger partial charge is 0.247 e. The van der Waals surface area contributed by atoms with Crippen LogP contribution in [-0.2, 0) is 20.9 Å². The topological polar surface area (TPSA) is 126 Å². The van der Waals surface area contributed by atoms with E-state index in [0.29, 0.717) is 55.0 Å². The number of ether oxygens (including phenoxy) is 1. The fourth-order valence-electron chi connectivity index (χ4n) is 4.73. The third kappa shape index (κ3) is 5.70. The third-order valence-electron chi connectivity index (χ3n) is 7.10. The Bertz CT molecular complexity index is 1380. The lowest BCUT2D eigenvalue weighted by molar-refractivity contribution is -0.141. The van der Waals surface area contributed by atoms with Crippen molar-refractivity contribution in [3.8, 4) is 0 Å². The van der Waals surface area contributed by atoms with Gasteiger partial charge in [-0.15, -0.1) is 0 Å². The quantitative estimate of drug-likeness (QED) is 0.356. The average Bonchev–Trinajstić information content (AvgIpc) is 3.33. The minimum atomic E-state index is -0.562. The number of benzene rings is 1. The second-order valence-corrected chi connectivity index (χ2v) is 10.1. The van der Waals surface area contributed by atoms with Crippen LogP contribution >= 0.6 is 0 Å². The third-order valence-corrected chi connectivity index (χ3v) is 7.10. The lowest BCUT2D eigenvalue weighted by atomic mass is 10.0. The van der Waals surface area contributed by atoms with Crippen LogP contribution in [0, 0.1) is 5.82 Å². The van der Waals surface area contributed by atoms with Gasteiger partial charge in [-0.05, 0) is 49.5 Å². The summed E-state index contributed by atoms with van der Waals surface area (Å²) in [6.45, 7) is 9.59. The van der Waals surface area contributed by atoms with E-state index in [9.17, 15) is 14.0 Å². The number of nitrogens with one attached hydrogen (secondary N) is 3. The zero-order valence-corrected chi connectivity index (χ0v) is 22.1. The zero-order valence-electron chi connectivity index (χ0n) is 22.1. The lowest BCUT2D eigenvalue weighted by Crippen LogP contribution is -2.56. The Hall–Kier alpha value is -4.06. The highest BCUT2D eigenvalue weighted by Gasteiger charge is 2.36. The van der Waals surface area contributed by atoms with Crippen molar-refractivity contribution in [2.75, 3.05) is 35.7 Å². The van der Waals surface area contributed by atoms with Gasteiger partial charge in [0, 0.05) is 49.2 Å². The minimum absolute atomic E-state index is 0.0970. The molecule has 2 saturated heterocycles. The molecule has 2 aromatic heterocycles. The largest absolute Gasteiger partial charge is 0.381 e. The van der Waals surface area contributed by atoms with Gasteiger partial charge in [-0.25, -0.2) is 4.39 Å². The number of halogens is 1.